The molecule has 1 rings (SSSR count). The fourth-order valence-electron chi connectivity index (χ4n) is 0.642. The summed E-state index contributed by atoms with van der Waals surface area (Å²) in [4.78, 5) is 3.76. The predicted molar refractivity (Wildman–Crippen MR) is 38.9 cm³/mol. The number of aliphatic imine (C=N–C) groups is 1. The highest BCUT2D eigenvalue weighted by molar-refractivity contribution is 5.79. The molecule has 1 radical (unpaired) electrons. The lowest BCUT2D eigenvalue weighted by atomic mass is 10.2. The van der Waals surface area contributed by atoms with Gasteiger partial charge in [0.15, 0.2) is 0 Å². The molecule has 0 N–H and O–H groups in total. The predicted octanol–water partition coefficient (Wildman–Crippen LogP) is 1.61. The van der Waals surface area contributed by atoms with Crippen molar-refractivity contribution >= 4 is 6.21 Å². The van der Waals surface area contributed by atoms with Gasteiger partial charge < -0.3 is 0 Å². The summed E-state index contributed by atoms with van der Waals surface area (Å²) in [6.45, 7) is 0. The lowest BCUT2D eigenvalue weighted by Gasteiger charge is -1.85. The van der Waals surface area contributed by atoms with Gasteiger partial charge in [0.1, 0.15) is 0 Å². The molecular weight excluding hydrogens is 110 g/mol. The third-order valence-corrected chi connectivity index (χ3v) is 1.01. The monoisotopic (exact) mass is 118 g/mol. The van der Waals surface area contributed by atoms with E-state index >= 15 is 0 Å². The van der Waals surface area contributed by atoms with E-state index in [1.165, 1.54) is 0 Å². The van der Waals surface area contributed by atoms with Crippen LogP contribution in [0.25, 0.3) is 0 Å². The van der Waals surface area contributed by atoms with E-state index in [0.29, 0.717) is 0 Å². The molecule has 0 amide bonds. The Balaban J connectivity index is 2.85. The van der Waals surface area contributed by atoms with Crippen molar-refractivity contribution < 1.29 is 0 Å². The van der Waals surface area contributed by atoms with Gasteiger partial charge in [0.05, 0.1) is 6.21 Å². The maximum absolute atomic E-state index is 3.76. The summed E-state index contributed by atoms with van der Waals surface area (Å²) >= 11 is 0. The zero-order valence-corrected chi connectivity index (χ0v) is 5.33. The fourth-order valence-corrected chi connectivity index (χ4v) is 0.642. The molecule has 0 aromatic heterocycles. The number of hydrogen-bond donors (Lipinski definition) is 0. The molecule has 0 aliphatic heterocycles. The smallest absolute Gasteiger partial charge is 0.0901 e. The third kappa shape index (κ3) is 1.68. The van der Waals surface area contributed by atoms with Crippen LogP contribution in [0.2, 0.25) is 0 Å². The Hall–Kier alpha value is -1.11. The lowest BCUT2D eigenvalue weighted by molar-refractivity contribution is 1.46. The van der Waals surface area contributed by atoms with Gasteiger partial charge in [-0.2, -0.15) is 0 Å². The van der Waals surface area contributed by atoms with Crippen LogP contribution < -0.4 is 0 Å². The topological polar surface area (TPSA) is 12.4 Å². The normalized spacial score (nSPS) is 10.3. The van der Waals surface area contributed by atoms with E-state index in [1.54, 1.807) is 7.05 Å². The molecule has 45 valence electrons. The highest BCUT2D eigenvalue weighted by Gasteiger charge is 1.80. The van der Waals surface area contributed by atoms with E-state index in [0.717, 1.165) is 5.56 Å². The second-order valence-electron chi connectivity index (χ2n) is 1.70. The van der Waals surface area contributed by atoms with Crippen molar-refractivity contribution in [3.05, 3.63) is 35.9 Å². The van der Waals surface area contributed by atoms with E-state index in [1.807, 2.05) is 30.3 Å². The molecule has 0 fully saturated rings. The number of benzene rings is 1. The zero-order valence-electron chi connectivity index (χ0n) is 5.33. The average Bonchev–Trinajstić information content (AvgIpc) is 1.91. The molecule has 0 saturated heterocycles. The Labute approximate surface area is 55.1 Å². The quantitative estimate of drug-likeness (QED) is 0.497. The van der Waals surface area contributed by atoms with Crippen LogP contribution in [0, 0.1) is 0 Å². The molecule has 0 aliphatic carbocycles. The standard InChI is InChI=1S/C8H8N/c1-9-7-8-5-3-2-4-6-8/h2-6H,1H3. The first kappa shape index (κ1) is 6.02. The van der Waals surface area contributed by atoms with Crippen molar-refractivity contribution in [2.75, 3.05) is 7.05 Å². The van der Waals surface area contributed by atoms with E-state index in [-0.39, 0.29) is 0 Å². The Morgan fingerprint density at radius 3 is 2.44 bits per heavy atom. The molecule has 0 bridgehead atoms. The molecule has 0 unspecified atom stereocenters. The van der Waals surface area contributed by atoms with E-state index in [2.05, 4.69) is 11.2 Å². The number of hydrogen-bond acceptors (Lipinski definition) is 1. The van der Waals surface area contributed by atoms with Crippen LogP contribution in [-0.2, 0) is 0 Å². The van der Waals surface area contributed by atoms with Crippen molar-refractivity contribution in [2.24, 2.45) is 4.99 Å². The molecule has 0 saturated carbocycles. The largest absolute Gasteiger partial charge is 0.286 e. The van der Waals surface area contributed by atoms with Gasteiger partial charge in [-0.25, -0.2) is 0 Å². The zero-order chi connectivity index (χ0) is 6.53. The second-order valence-corrected chi connectivity index (χ2v) is 1.70. The molecular formula is C8H8N. The van der Waals surface area contributed by atoms with Gasteiger partial charge in [0.25, 0.3) is 0 Å². The number of nitrogens with zero attached hydrogens (tertiary/aromatic N) is 1. The van der Waals surface area contributed by atoms with Gasteiger partial charge in [0.2, 0.25) is 0 Å². The first-order chi connectivity index (χ1) is 4.43. The van der Waals surface area contributed by atoms with Crippen LogP contribution in [0.3, 0.4) is 0 Å². The maximum Gasteiger partial charge on any atom is 0.0901 e. The highest BCUT2D eigenvalue weighted by atomic mass is 14.6. The minimum atomic E-state index is 1.03. The maximum atomic E-state index is 3.76. The Morgan fingerprint density at radius 1 is 1.22 bits per heavy atom. The van der Waals surface area contributed by atoms with Crippen LogP contribution in [0.4, 0.5) is 0 Å². The summed E-state index contributed by atoms with van der Waals surface area (Å²) in [5, 5.41) is 0. The fraction of sp³-hybridized carbons (Fsp3) is 0.125. The van der Waals surface area contributed by atoms with Crippen LogP contribution in [-0.4, -0.2) is 13.3 Å². The molecule has 0 heterocycles. The van der Waals surface area contributed by atoms with E-state index in [4.69, 9.17) is 0 Å². The van der Waals surface area contributed by atoms with E-state index < -0.39 is 0 Å². The minimum absolute atomic E-state index is 1.03. The highest BCUT2D eigenvalue weighted by Crippen LogP contribution is 1.92. The lowest BCUT2D eigenvalue weighted by Crippen LogP contribution is -1.75. The van der Waals surface area contributed by atoms with Gasteiger partial charge in [-0.15, -0.1) is 0 Å². The number of rotatable bonds is 1. The molecule has 9 heavy (non-hydrogen) atoms. The summed E-state index contributed by atoms with van der Waals surface area (Å²) < 4.78 is 0. The molecule has 0 atom stereocenters. The van der Waals surface area contributed by atoms with Gasteiger partial charge in [-0.1, -0.05) is 30.3 Å². The molecule has 1 nitrogen and oxygen atoms in total. The summed E-state index contributed by atoms with van der Waals surface area (Å²) in [6.07, 6.45) is 2.83. The van der Waals surface area contributed by atoms with Crippen LogP contribution in [0.5, 0.6) is 0 Å². The Morgan fingerprint density at radius 2 is 1.89 bits per heavy atom. The van der Waals surface area contributed by atoms with Crippen molar-refractivity contribution in [3.63, 3.8) is 0 Å². The van der Waals surface area contributed by atoms with Crippen molar-refractivity contribution in [2.45, 2.75) is 0 Å². The van der Waals surface area contributed by atoms with Gasteiger partial charge in [0, 0.05) is 12.6 Å². The van der Waals surface area contributed by atoms with Crippen molar-refractivity contribution in [3.8, 4) is 0 Å². The SMILES string of the molecule is C/N=[C]\c1ccccc1. The molecule has 1 aromatic rings. The van der Waals surface area contributed by atoms with Gasteiger partial charge in [-0.3, -0.25) is 4.99 Å². The van der Waals surface area contributed by atoms with E-state index in [9.17, 15) is 0 Å². The van der Waals surface area contributed by atoms with Crippen LogP contribution >= 0.6 is 0 Å². The van der Waals surface area contributed by atoms with Crippen molar-refractivity contribution in [1.82, 2.24) is 0 Å². The Kier molecular flexibility index (Phi) is 2.02. The first-order valence-electron chi connectivity index (χ1n) is 2.83. The summed E-state index contributed by atoms with van der Waals surface area (Å²) in [6, 6.07) is 9.84. The van der Waals surface area contributed by atoms with Crippen LogP contribution in [0.15, 0.2) is 35.3 Å². The molecule has 0 spiro atoms. The summed E-state index contributed by atoms with van der Waals surface area (Å²) in [5.41, 5.74) is 1.03. The second kappa shape index (κ2) is 3.02. The van der Waals surface area contributed by atoms with Gasteiger partial charge in [-0.05, 0) is 0 Å². The van der Waals surface area contributed by atoms with Crippen molar-refractivity contribution in [1.29, 1.82) is 0 Å². The first-order valence-corrected chi connectivity index (χ1v) is 2.83. The minimum Gasteiger partial charge on any atom is -0.286 e. The van der Waals surface area contributed by atoms with Gasteiger partial charge >= 0.3 is 0 Å². The Bertz CT molecular complexity index is 189. The average molecular weight is 118 g/mol. The molecule has 1 aromatic carbocycles. The summed E-state index contributed by atoms with van der Waals surface area (Å²) in [7, 11) is 1.72. The van der Waals surface area contributed by atoms with Crippen LogP contribution in [0.1, 0.15) is 5.56 Å². The molecule has 1 heteroatoms. The third-order valence-electron chi connectivity index (χ3n) is 1.01. The summed E-state index contributed by atoms with van der Waals surface area (Å²) in [5.74, 6) is 0. The molecule has 0 aliphatic rings.